The molecular formula is C13H15NO. The Morgan fingerprint density at radius 3 is 3.07 bits per heavy atom. The minimum Gasteiger partial charge on any atom is -0.489 e. The topological polar surface area (TPSA) is 33.1 Å². The van der Waals surface area contributed by atoms with Crippen molar-refractivity contribution in [1.82, 2.24) is 0 Å². The van der Waals surface area contributed by atoms with Gasteiger partial charge in [-0.3, -0.25) is 0 Å². The van der Waals surface area contributed by atoms with Gasteiger partial charge in [0.15, 0.2) is 0 Å². The first-order valence-electron chi connectivity index (χ1n) is 5.26. The SMILES string of the molecule is C=CCOc1cccc2c1CCCC2=N. The molecule has 0 saturated heterocycles. The van der Waals surface area contributed by atoms with E-state index in [1.54, 1.807) is 6.08 Å². The molecule has 2 heteroatoms. The molecule has 0 unspecified atom stereocenters. The fourth-order valence-corrected chi connectivity index (χ4v) is 1.97. The van der Waals surface area contributed by atoms with Crippen LogP contribution in [0, 0.1) is 5.41 Å². The van der Waals surface area contributed by atoms with Gasteiger partial charge in [0.2, 0.25) is 0 Å². The second-order valence-electron chi connectivity index (χ2n) is 3.71. The second kappa shape index (κ2) is 4.30. The van der Waals surface area contributed by atoms with Crippen molar-refractivity contribution < 1.29 is 4.74 Å². The van der Waals surface area contributed by atoms with Crippen molar-refractivity contribution in [3.8, 4) is 5.75 Å². The monoisotopic (exact) mass is 201 g/mol. The minimum absolute atomic E-state index is 0.532. The largest absolute Gasteiger partial charge is 0.489 e. The van der Waals surface area contributed by atoms with Crippen LogP contribution >= 0.6 is 0 Å². The Bertz CT molecular complexity index is 396. The molecule has 0 aromatic heterocycles. The first-order valence-corrected chi connectivity index (χ1v) is 5.26. The molecule has 0 fully saturated rings. The molecule has 1 N–H and O–H groups in total. The van der Waals surface area contributed by atoms with E-state index in [9.17, 15) is 0 Å². The number of nitrogens with one attached hydrogen (secondary N) is 1. The molecule has 0 aliphatic heterocycles. The molecule has 1 aliphatic carbocycles. The first kappa shape index (κ1) is 9.97. The molecule has 78 valence electrons. The van der Waals surface area contributed by atoms with E-state index in [0.717, 1.165) is 36.3 Å². The Balaban J connectivity index is 2.35. The van der Waals surface area contributed by atoms with Crippen LogP contribution in [0.5, 0.6) is 5.75 Å². The Morgan fingerprint density at radius 2 is 2.27 bits per heavy atom. The van der Waals surface area contributed by atoms with Crippen molar-refractivity contribution in [3.05, 3.63) is 42.0 Å². The molecule has 2 nitrogen and oxygen atoms in total. The Labute approximate surface area is 90.1 Å². The summed E-state index contributed by atoms with van der Waals surface area (Å²) >= 11 is 0. The standard InChI is InChI=1S/C13H15NO/c1-2-9-15-13-8-4-5-10-11(13)6-3-7-12(10)14/h2,4-5,8,14H,1,3,6-7,9H2. The highest BCUT2D eigenvalue weighted by Gasteiger charge is 2.17. The second-order valence-corrected chi connectivity index (χ2v) is 3.71. The average Bonchev–Trinajstić information content (AvgIpc) is 2.27. The van der Waals surface area contributed by atoms with Crippen LogP contribution in [0.15, 0.2) is 30.9 Å². The maximum absolute atomic E-state index is 7.87. The molecule has 0 heterocycles. The Morgan fingerprint density at radius 1 is 1.40 bits per heavy atom. The summed E-state index contributed by atoms with van der Waals surface area (Å²) in [5, 5.41) is 7.87. The van der Waals surface area contributed by atoms with Crippen LogP contribution in [0.25, 0.3) is 0 Å². The smallest absolute Gasteiger partial charge is 0.123 e. The number of benzene rings is 1. The van der Waals surface area contributed by atoms with Crippen molar-refractivity contribution >= 4 is 5.71 Å². The number of ether oxygens (including phenoxy) is 1. The van der Waals surface area contributed by atoms with E-state index in [-0.39, 0.29) is 0 Å². The molecule has 0 atom stereocenters. The third-order valence-electron chi connectivity index (χ3n) is 2.67. The fraction of sp³-hybridized carbons (Fsp3) is 0.308. The lowest BCUT2D eigenvalue weighted by Crippen LogP contribution is -2.12. The first-order chi connectivity index (χ1) is 7.33. The van der Waals surface area contributed by atoms with E-state index in [2.05, 4.69) is 6.58 Å². The zero-order valence-corrected chi connectivity index (χ0v) is 8.75. The maximum Gasteiger partial charge on any atom is 0.123 e. The quantitative estimate of drug-likeness (QED) is 0.749. The summed E-state index contributed by atoms with van der Waals surface area (Å²) in [4.78, 5) is 0. The van der Waals surface area contributed by atoms with Gasteiger partial charge in [0.1, 0.15) is 12.4 Å². The molecular weight excluding hydrogens is 186 g/mol. The van der Waals surface area contributed by atoms with Crippen LogP contribution < -0.4 is 4.74 Å². The summed E-state index contributed by atoms with van der Waals surface area (Å²) in [5.41, 5.74) is 2.98. The Kier molecular flexibility index (Phi) is 2.86. The van der Waals surface area contributed by atoms with Crippen LogP contribution in [0.3, 0.4) is 0 Å². The third-order valence-corrected chi connectivity index (χ3v) is 2.67. The van der Waals surface area contributed by atoms with Crippen LogP contribution in [0.4, 0.5) is 0 Å². The van der Waals surface area contributed by atoms with E-state index < -0.39 is 0 Å². The van der Waals surface area contributed by atoms with Crippen molar-refractivity contribution in [1.29, 1.82) is 5.41 Å². The summed E-state index contributed by atoms with van der Waals surface area (Å²) in [5.74, 6) is 0.914. The van der Waals surface area contributed by atoms with Gasteiger partial charge < -0.3 is 10.1 Å². The van der Waals surface area contributed by atoms with E-state index in [1.165, 1.54) is 5.56 Å². The van der Waals surface area contributed by atoms with Crippen LogP contribution in [0.1, 0.15) is 24.0 Å². The summed E-state index contributed by atoms with van der Waals surface area (Å²) in [6.07, 6.45) is 4.71. The lowest BCUT2D eigenvalue weighted by atomic mass is 9.89. The molecule has 0 saturated carbocycles. The summed E-state index contributed by atoms with van der Waals surface area (Å²) in [6, 6.07) is 5.94. The van der Waals surface area contributed by atoms with Crippen molar-refractivity contribution in [2.45, 2.75) is 19.3 Å². The summed E-state index contributed by atoms with van der Waals surface area (Å²) < 4.78 is 5.59. The predicted octanol–water partition coefficient (Wildman–Crippen LogP) is 2.96. The van der Waals surface area contributed by atoms with Gasteiger partial charge >= 0.3 is 0 Å². The molecule has 0 radical (unpaired) electrons. The number of fused-ring (bicyclic) bond motifs is 1. The van der Waals surface area contributed by atoms with Crippen molar-refractivity contribution in [3.63, 3.8) is 0 Å². The van der Waals surface area contributed by atoms with E-state index in [0.29, 0.717) is 6.61 Å². The molecule has 2 rings (SSSR count). The molecule has 0 bridgehead atoms. The predicted molar refractivity (Wildman–Crippen MR) is 61.9 cm³/mol. The van der Waals surface area contributed by atoms with Crippen molar-refractivity contribution in [2.75, 3.05) is 6.61 Å². The van der Waals surface area contributed by atoms with Gasteiger partial charge in [-0.25, -0.2) is 0 Å². The van der Waals surface area contributed by atoms with Crippen molar-refractivity contribution in [2.24, 2.45) is 0 Å². The van der Waals surface area contributed by atoms with Gasteiger partial charge in [-0.1, -0.05) is 24.8 Å². The summed E-state index contributed by atoms with van der Waals surface area (Å²) in [7, 11) is 0. The zero-order chi connectivity index (χ0) is 10.7. The van der Waals surface area contributed by atoms with Crippen LogP contribution in [0.2, 0.25) is 0 Å². The summed E-state index contributed by atoms with van der Waals surface area (Å²) in [6.45, 7) is 4.17. The number of hydrogen-bond donors (Lipinski definition) is 1. The fourth-order valence-electron chi connectivity index (χ4n) is 1.97. The number of hydrogen-bond acceptors (Lipinski definition) is 2. The lowest BCUT2D eigenvalue weighted by molar-refractivity contribution is 0.358. The van der Waals surface area contributed by atoms with Gasteiger partial charge in [-0.15, -0.1) is 0 Å². The van der Waals surface area contributed by atoms with Gasteiger partial charge in [-0.2, -0.15) is 0 Å². The van der Waals surface area contributed by atoms with E-state index in [4.69, 9.17) is 10.1 Å². The van der Waals surface area contributed by atoms with Crippen LogP contribution in [-0.4, -0.2) is 12.3 Å². The highest BCUT2D eigenvalue weighted by atomic mass is 16.5. The van der Waals surface area contributed by atoms with Gasteiger partial charge in [0.25, 0.3) is 0 Å². The minimum atomic E-state index is 0.532. The van der Waals surface area contributed by atoms with Gasteiger partial charge in [-0.05, 0) is 25.3 Å². The van der Waals surface area contributed by atoms with E-state index in [1.807, 2.05) is 18.2 Å². The van der Waals surface area contributed by atoms with Crippen LogP contribution in [-0.2, 0) is 6.42 Å². The molecule has 1 aromatic carbocycles. The van der Waals surface area contributed by atoms with E-state index >= 15 is 0 Å². The zero-order valence-electron chi connectivity index (χ0n) is 8.75. The normalized spacial score (nSPS) is 14.5. The number of rotatable bonds is 3. The molecule has 0 amide bonds. The maximum atomic E-state index is 7.87. The average molecular weight is 201 g/mol. The Hall–Kier alpha value is -1.57. The van der Waals surface area contributed by atoms with Gasteiger partial charge in [0.05, 0.1) is 0 Å². The highest BCUT2D eigenvalue weighted by Crippen LogP contribution is 2.29. The molecule has 1 aliphatic rings. The molecule has 1 aromatic rings. The lowest BCUT2D eigenvalue weighted by Gasteiger charge is -2.19. The molecule has 0 spiro atoms. The van der Waals surface area contributed by atoms with Gasteiger partial charge in [0, 0.05) is 16.8 Å². The highest BCUT2D eigenvalue weighted by molar-refractivity contribution is 6.01. The molecule has 15 heavy (non-hydrogen) atoms. The third kappa shape index (κ3) is 1.94.